The molecule has 0 N–H and O–H groups in total. The summed E-state index contributed by atoms with van der Waals surface area (Å²) >= 11 is 0. The minimum absolute atomic E-state index is 0.0428. The van der Waals surface area contributed by atoms with Gasteiger partial charge in [0.1, 0.15) is 5.78 Å². The molecule has 0 aromatic carbocycles. The van der Waals surface area contributed by atoms with E-state index in [4.69, 9.17) is 0 Å². The molecule has 1 saturated carbocycles. The molecule has 0 spiro atoms. The van der Waals surface area contributed by atoms with Crippen LogP contribution in [0.25, 0.3) is 0 Å². The third-order valence-corrected chi connectivity index (χ3v) is 4.03. The highest BCUT2D eigenvalue weighted by atomic mass is 19.4. The molecule has 0 radical (unpaired) electrons. The van der Waals surface area contributed by atoms with E-state index in [1.165, 1.54) is 0 Å². The van der Waals surface area contributed by atoms with E-state index in [0.29, 0.717) is 12.8 Å². The van der Waals surface area contributed by atoms with Crippen molar-refractivity contribution in [2.24, 2.45) is 11.8 Å². The number of carbonyl (C=O) groups excluding carboxylic acids is 1. The summed E-state index contributed by atoms with van der Waals surface area (Å²) in [6.07, 6.45) is 0.498. The van der Waals surface area contributed by atoms with Gasteiger partial charge in [0.15, 0.2) is 0 Å². The van der Waals surface area contributed by atoms with E-state index in [1.807, 2.05) is 13.1 Å². The fourth-order valence-corrected chi connectivity index (χ4v) is 2.76. The molecule has 0 amide bonds. The Hall–Kier alpha value is -1.33. The summed E-state index contributed by atoms with van der Waals surface area (Å²) in [5, 5.41) is 4.09. The number of Topliss-reactive ketones (excluding diaryl/α,β-unsaturated/α-hetero) is 1. The van der Waals surface area contributed by atoms with Gasteiger partial charge in [-0.3, -0.25) is 9.48 Å². The van der Waals surface area contributed by atoms with Crippen molar-refractivity contribution in [1.29, 1.82) is 0 Å². The topological polar surface area (TPSA) is 34.9 Å². The Labute approximate surface area is 116 Å². The van der Waals surface area contributed by atoms with Crippen LogP contribution in [0.2, 0.25) is 0 Å². The van der Waals surface area contributed by atoms with Crippen molar-refractivity contribution in [3.63, 3.8) is 0 Å². The number of ketones is 1. The molecular formula is C14H19F3N2O. The van der Waals surface area contributed by atoms with E-state index in [9.17, 15) is 18.0 Å². The highest BCUT2D eigenvalue weighted by molar-refractivity contribution is 5.83. The molecule has 0 bridgehead atoms. The molecule has 6 heteroatoms. The zero-order valence-electron chi connectivity index (χ0n) is 11.5. The van der Waals surface area contributed by atoms with Gasteiger partial charge in [-0.2, -0.15) is 18.3 Å². The van der Waals surface area contributed by atoms with Gasteiger partial charge in [-0.15, -0.1) is 0 Å². The number of halogens is 3. The molecule has 112 valence electrons. The number of carbonyl (C=O) groups is 1. The van der Waals surface area contributed by atoms with Gasteiger partial charge in [-0.25, -0.2) is 0 Å². The van der Waals surface area contributed by atoms with Crippen LogP contribution >= 0.6 is 0 Å². The van der Waals surface area contributed by atoms with Crippen LogP contribution in [0, 0.1) is 11.8 Å². The maximum Gasteiger partial charge on any atom is 0.391 e. The van der Waals surface area contributed by atoms with Crippen LogP contribution in [0.3, 0.4) is 0 Å². The number of nitrogens with zero attached hydrogens (tertiary/aromatic N) is 2. The van der Waals surface area contributed by atoms with Gasteiger partial charge in [-0.1, -0.05) is 0 Å². The lowest BCUT2D eigenvalue weighted by molar-refractivity contribution is -0.184. The van der Waals surface area contributed by atoms with E-state index in [0.717, 1.165) is 12.1 Å². The average Bonchev–Trinajstić information content (AvgIpc) is 2.85. The highest BCUT2D eigenvalue weighted by Crippen LogP contribution is 2.39. The first-order valence-corrected chi connectivity index (χ1v) is 7.01. The molecule has 0 unspecified atom stereocenters. The quantitative estimate of drug-likeness (QED) is 0.851. The first-order chi connectivity index (χ1) is 9.40. The van der Waals surface area contributed by atoms with Gasteiger partial charge in [-0.05, 0) is 38.2 Å². The fourth-order valence-electron chi connectivity index (χ4n) is 2.76. The van der Waals surface area contributed by atoms with Crippen molar-refractivity contribution < 1.29 is 18.0 Å². The van der Waals surface area contributed by atoms with Crippen molar-refractivity contribution in [1.82, 2.24) is 9.78 Å². The lowest BCUT2D eigenvalue weighted by Gasteiger charge is -2.28. The smallest absolute Gasteiger partial charge is 0.299 e. The molecule has 1 heterocycles. The first-order valence-electron chi connectivity index (χ1n) is 7.01. The molecule has 2 rings (SSSR count). The maximum absolute atomic E-state index is 12.6. The van der Waals surface area contributed by atoms with E-state index in [2.05, 4.69) is 5.10 Å². The normalized spacial score (nSPS) is 23.8. The SMILES string of the molecule is CCn1cc(CC(=O)C2CCC(C(F)(F)F)CC2)cn1. The second-order valence-electron chi connectivity index (χ2n) is 5.44. The Morgan fingerprint density at radius 1 is 1.35 bits per heavy atom. The monoisotopic (exact) mass is 288 g/mol. The van der Waals surface area contributed by atoms with Gasteiger partial charge < -0.3 is 0 Å². The summed E-state index contributed by atoms with van der Waals surface area (Å²) in [4.78, 5) is 12.1. The van der Waals surface area contributed by atoms with Crippen LogP contribution in [0.15, 0.2) is 12.4 Å². The van der Waals surface area contributed by atoms with E-state index < -0.39 is 12.1 Å². The number of hydrogen-bond acceptors (Lipinski definition) is 2. The van der Waals surface area contributed by atoms with Crippen LogP contribution in [0.4, 0.5) is 13.2 Å². The Morgan fingerprint density at radius 2 is 2.00 bits per heavy atom. The molecule has 1 aliphatic rings. The van der Waals surface area contributed by atoms with Crippen LogP contribution in [0.5, 0.6) is 0 Å². The molecule has 1 aromatic rings. The van der Waals surface area contributed by atoms with Crippen molar-refractivity contribution in [3.8, 4) is 0 Å². The second-order valence-corrected chi connectivity index (χ2v) is 5.44. The molecule has 0 saturated heterocycles. The second kappa shape index (κ2) is 5.97. The summed E-state index contributed by atoms with van der Waals surface area (Å²) in [5.41, 5.74) is 0.842. The van der Waals surface area contributed by atoms with E-state index in [1.54, 1.807) is 10.9 Å². The first kappa shape index (κ1) is 15.1. The lowest BCUT2D eigenvalue weighted by Crippen LogP contribution is -2.30. The van der Waals surface area contributed by atoms with Gasteiger partial charge in [0.2, 0.25) is 0 Å². The van der Waals surface area contributed by atoms with Crippen molar-refractivity contribution in [2.45, 2.75) is 51.7 Å². The summed E-state index contributed by atoms with van der Waals surface area (Å²) < 4.78 is 39.4. The number of aromatic nitrogens is 2. The minimum Gasteiger partial charge on any atom is -0.299 e. The summed E-state index contributed by atoms with van der Waals surface area (Å²) in [6, 6.07) is 0. The third-order valence-electron chi connectivity index (χ3n) is 4.03. The fraction of sp³-hybridized carbons (Fsp3) is 0.714. The predicted molar refractivity (Wildman–Crippen MR) is 68.1 cm³/mol. The van der Waals surface area contributed by atoms with Crippen LogP contribution in [-0.4, -0.2) is 21.7 Å². The van der Waals surface area contributed by atoms with Gasteiger partial charge in [0, 0.05) is 25.1 Å². The molecule has 0 atom stereocenters. The average molecular weight is 288 g/mol. The predicted octanol–water partition coefficient (Wildman–Crippen LogP) is 3.38. The van der Waals surface area contributed by atoms with Crippen LogP contribution < -0.4 is 0 Å². The van der Waals surface area contributed by atoms with Crippen molar-refractivity contribution in [2.75, 3.05) is 0 Å². The van der Waals surface area contributed by atoms with Crippen LogP contribution in [0.1, 0.15) is 38.2 Å². The zero-order valence-corrected chi connectivity index (χ0v) is 11.5. The summed E-state index contributed by atoms with van der Waals surface area (Å²) in [7, 11) is 0. The number of hydrogen-bond donors (Lipinski definition) is 0. The highest BCUT2D eigenvalue weighted by Gasteiger charge is 2.42. The molecule has 1 aromatic heterocycles. The van der Waals surface area contributed by atoms with E-state index in [-0.39, 0.29) is 31.0 Å². The Morgan fingerprint density at radius 3 is 2.50 bits per heavy atom. The Bertz CT molecular complexity index is 459. The molecule has 1 fully saturated rings. The molecule has 0 aliphatic heterocycles. The van der Waals surface area contributed by atoms with Crippen molar-refractivity contribution >= 4 is 5.78 Å². The number of alkyl halides is 3. The standard InChI is InChI=1S/C14H19F3N2O/c1-2-19-9-10(8-18-19)7-13(20)11-3-5-12(6-4-11)14(15,16)17/h8-9,11-12H,2-7H2,1H3. The van der Waals surface area contributed by atoms with Gasteiger partial charge in [0.25, 0.3) is 0 Å². The maximum atomic E-state index is 12.6. The Kier molecular flexibility index (Phi) is 4.50. The Balaban J connectivity index is 1.86. The van der Waals surface area contributed by atoms with Gasteiger partial charge in [0.05, 0.1) is 12.1 Å². The third kappa shape index (κ3) is 3.61. The molecule has 1 aliphatic carbocycles. The summed E-state index contributed by atoms with van der Waals surface area (Å²) in [5.74, 6) is -1.41. The largest absolute Gasteiger partial charge is 0.391 e. The minimum atomic E-state index is -4.11. The zero-order chi connectivity index (χ0) is 14.8. The van der Waals surface area contributed by atoms with Crippen molar-refractivity contribution in [3.05, 3.63) is 18.0 Å². The van der Waals surface area contributed by atoms with E-state index >= 15 is 0 Å². The van der Waals surface area contributed by atoms with Crippen LogP contribution in [-0.2, 0) is 17.8 Å². The molecule has 20 heavy (non-hydrogen) atoms. The van der Waals surface area contributed by atoms with Gasteiger partial charge >= 0.3 is 6.18 Å². The number of aryl methyl sites for hydroxylation is 1. The lowest BCUT2D eigenvalue weighted by atomic mass is 9.79. The molecule has 3 nitrogen and oxygen atoms in total. The number of rotatable bonds is 4. The molecular weight excluding hydrogens is 269 g/mol. The summed E-state index contributed by atoms with van der Waals surface area (Å²) in [6.45, 7) is 2.70.